The minimum Gasteiger partial charge on any atom is -0.481 e. The zero-order valence-corrected chi connectivity index (χ0v) is 17.8. The maximum atomic E-state index is 12.8. The van der Waals surface area contributed by atoms with Gasteiger partial charge in [-0.3, -0.25) is 9.59 Å². The molecule has 0 spiro atoms. The van der Waals surface area contributed by atoms with Crippen molar-refractivity contribution in [3.63, 3.8) is 0 Å². The zero-order chi connectivity index (χ0) is 21.1. The van der Waals surface area contributed by atoms with Gasteiger partial charge in [-0.25, -0.2) is 4.68 Å². The van der Waals surface area contributed by atoms with Gasteiger partial charge < -0.3 is 15.2 Å². The maximum absolute atomic E-state index is 12.8. The first kappa shape index (κ1) is 21.5. The number of benzene rings is 1. The average molecular weight is 440 g/mol. The standard InChI is InChI=1S/C20H23Cl2N3O4/c1-11-18(23-19(26)14-5-3-4-6-15(14)20(27)28)12(2)25(24-11)10-29-17-8-7-13(21)9-16(17)22/h7-9,14-15H,3-6,10H2,1-2H3,(H,23,26)(H,27,28). The molecule has 29 heavy (non-hydrogen) atoms. The predicted octanol–water partition coefficient (Wildman–Crippen LogP) is 4.67. The highest BCUT2D eigenvalue weighted by Gasteiger charge is 2.36. The number of carbonyl (C=O) groups excluding carboxylic acids is 1. The van der Waals surface area contributed by atoms with Crippen LogP contribution in [-0.4, -0.2) is 26.8 Å². The van der Waals surface area contributed by atoms with Crippen LogP contribution in [0.3, 0.4) is 0 Å². The van der Waals surface area contributed by atoms with E-state index < -0.39 is 17.8 Å². The van der Waals surface area contributed by atoms with Gasteiger partial charge in [0.2, 0.25) is 5.91 Å². The Morgan fingerprint density at radius 1 is 1.24 bits per heavy atom. The van der Waals surface area contributed by atoms with Crippen molar-refractivity contribution in [2.75, 3.05) is 5.32 Å². The minimum atomic E-state index is -0.915. The van der Waals surface area contributed by atoms with Crippen LogP contribution in [0.2, 0.25) is 10.0 Å². The van der Waals surface area contributed by atoms with E-state index in [4.69, 9.17) is 27.9 Å². The molecular weight excluding hydrogens is 417 g/mol. The van der Waals surface area contributed by atoms with Crippen LogP contribution in [0.4, 0.5) is 5.69 Å². The molecule has 3 rings (SSSR count). The lowest BCUT2D eigenvalue weighted by molar-refractivity contribution is -0.147. The summed E-state index contributed by atoms with van der Waals surface area (Å²) in [6.07, 6.45) is 2.80. The molecule has 1 aromatic carbocycles. The number of carboxylic acid groups (broad SMARTS) is 1. The van der Waals surface area contributed by atoms with Crippen molar-refractivity contribution in [1.82, 2.24) is 9.78 Å². The van der Waals surface area contributed by atoms with E-state index in [-0.39, 0.29) is 12.6 Å². The topological polar surface area (TPSA) is 93.5 Å². The van der Waals surface area contributed by atoms with E-state index >= 15 is 0 Å². The van der Waals surface area contributed by atoms with Crippen LogP contribution in [0.25, 0.3) is 0 Å². The molecule has 2 atom stereocenters. The Balaban J connectivity index is 1.71. The van der Waals surface area contributed by atoms with Crippen LogP contribution in [0.5, 0.6) is 5.75 Å². The Morgan fingerprint density at radius 3 is 2.59 bits per heavy atom. The van der Waals surface area contributed by atoms with Gasteiger partial charge in [0.25, 0.3) is 0 Å². The zero-order valence-electron chi connectivity index (χ0n) is 16.2. The Hall–Kier alpha value is -2.25. The number of nitrogens with zero attached hydrogens (tertiary/aromatic N) is 2. The normalized spacial score (nSPS) is 19.0. The number of carboxylic acids is 1. The molecule has 9 heteroatoms. The molecule has 1 aromatic heterocycles. The number of hydrogen-bond donors (Lipinski definition) is 2. The number of anilines is 1. The third-order valence-corrected chi connectivity index (χ3v) is 5.82. The number of rotatable bonds is 6. The number of aromatic nitrogens is 2. The van der Waals surface area contributed by atoms with Crippen molar-refractivity contribution in [2.45, 2.75) is 46.3 Å². The van der Waals surface area contributed by atoms with Crippen molar-refractivity contribution in [3.8, 4) is 5.75 Å². The van der Waals surface area contributed by atoms with Crippen LogP contribution in [-0.2, 0) is 16.3 Å². The maximum Gasteiger partial charge on any atom is 0.307 e. The van der Waals surface area contributed by atoms with Crippen molar-refractivity contribution >= 4 is 40.8 Å². The molecule has 0 bridgehead atoms. The Morgan fingerprint density at radius 2 is 1.93 bits per heavy atom. The smallest absolute Gasteiger partial charge is 0.307 e. The van der Waals surface area contributed by atoms with Crippen LogP contribution >= 0.6 is 23.2 Å². The molecule has 2 N–H and O–H groups in total. The van der Waals surface area contributed by atoms with Gasteiger partial charge in [-0.2, -0.15) is 5.10 Å². The summed E-state index contributed by atoms with van der Waals surface area (Å²) >= 11 is 12.0. The fraction of sp³-hybridized carbons (Fsp3) is 0.450. The van der Waals surface area contributed by atoms with Gasteiger partial charge >= 0.3 is 5.97 Å². The second-order valence-electron chi connectivity index (χ2n) is 7.22. The number of ether oxygens (including phenoxy) is 1. The Labute approximate surface area is 178 Å². The number of halogens is 2. The lowest BCUT2D eigenvalue weighted by Crippen LogP contribution is -2.36. The van der Waals surface area contributed by atoms with E-state index in [0.717, 1.165) is 12.8 Å². The summed E-state index contributed by atoms with van der Waals surface area (Å²) in [5, 5.41) is 17.6. The number of nitrogens with one attached hydrogen (secondary N) is 1. The number of hydrogen-bond acceptors (Lipinski definition) is 4. The lowest BCUT2D eigenvalue weighted by atomic mass is 9.78. The molecule has 2 aromatic rings. The third-order valence-electron chi connectivity index (χ3n) is 5.29. The molecule has 2 unspecified atom stereocenters. The van der Waals surface area contributed by atoms with E-state index in [1.807, 2.05) is 6.92 Å². The van der Waals surface area contributed by atoms with Crippen molar-refractivity contribution in [2.24, 2.45) is 11.8 Å². The van der Waals surface area contributed by atoms with E-state index in [1.54, 1.807) is 29.8 Å². The molecule has 0 saturated heterocycles. The van der Waals surface area contributed by atoms with Gasteiger partial charge in [-0.05, 0) is 44.9 Å². The number of amides is 1. The first-order valence-electron chi connectivity index (χ1n) is 9.43. The highest BCUT2D eigenvalue weighted by molar-refractivity contribution is 6.35. The largest absolute Gasteiger partial charge is 0.481 e. The molecule has 1 aliphatic rings. The quantitative estimate of drug-likeness (QED) is 0.681. The van der Waals surface area contributed by atoms with Crippen LogP contribution in [0, 0.1) is 25.7 Å². The summed E-state index contributed by atoms with van der Waals surface area (Å²) in [6.45, 7) is 3.70. The summed E-state index contributed by atoms with van der Waals surface area (Å²) in [4.78, 5) is 24.3. The highest BCUT2D eigenvalue weighted by Crippen LogP contribution is 2.32. The van der Waals surface area contributed by atoms with Gasteiger partial charge in [-0.1, -0.05) is 36.0 Å². The second kappa shape index (κ2) is 9.05. The van der Waals surface area contributed by atoms with Crippen LogP contribution in [0.15, 0.2) is 18.2 Å². The molecule has 1 aliphatic carbocycles. The van der Waals surface area contributed by atoms with Crippen molar-refractivity contribution in [1.29, 1.82) is 0 Å². The van der Waals surface area contributed by atoms with Gasteiger partial charge in [0.1, 0.15) is 5.75 Å². The molecule has 0 radical (unpaired) electrons. The van der Waals surface area contributed by atoms with E-state index in [9.17, 15) is 14.7 Å². The van der Waals surface area contributed by atoms with Crippen LogP contribution in [0.1, 0.15) is 37.1 Å². The molecule has 0 aliphatic heterocycles. The molecule has 7 nitrogen and oxygen atoms in total. The molecule has 1 saturated carbocycles. The first-order chi connectivity index (χ1) is 13.8. The number of aliphatic carboxylic acids is 1. The Bertz CT molecular complexity index is 929. The van der Waals surface area contributed by atoms with Gasteiger partial charge in [0.15, 0.2) is 6.73 Å². The monoisotopic (exact) mass is 439 g/mol. The third kappa shape index (κ3) is 4.85. The van der Waals surface area contributed by atoms with Gasteiger partial charge in [0.05, 0.1) is 33.9 Å². The van der Waals surface area contributed by atoms with Crippen molar-refractivity contribution in [3.05, 3.63) is 39.6 Å². The number of carbonyl (C=O) groups is 2. The van der Waals surface area contributed by atoms with E-state index in [0.29, 0.717) is 45.7 Å². The molecule has 1 amide bonds. The molecule has 156 valence electrons. The fourth-order valence-corrected chi connectivity index (χ4v) is 4.15. The van der Waals surface area contributed by atoms with Gasteiger partial charge in [0, 0.05) is 5.02 Å². The average Bonchev–Trinajstić information content (AvgIpc) is 2.94. The second-order valence-corrected chi connectivity index (χ2v) is 8.06. The first-order valence-corrected chi connectivity index (χ1v) is 10.2. The Kier molecular flexibility index (Phi) is 6.70. The molecular formula is C20H23Cl2N3O4. The van der Waals surface area contributed by atoms with Crippen LogP contribution < -0.4 is 10.1 Å². The highest BCUT2D eigenvalue weighted by atomic mass is 35.5. The molecule has 1 heterocycles. The fourth-order valence-electron chi connectivity index (χ4n) is 3.68. The van der Waals surface area contributed by atoms with Gasteiger partial charge in [-0.15, -0.1) is 0 Å². The molecule has 1 fully saturated rings. The summed E-state index contributed by atoms with van der Waals surface area (Å²) in [6, 6.07) is 4.95. The predicted molar refractivity (Wildman–Crippen MR) is 111 cm³/mol. The van der Waals surface area contributed by atoms with E-state index in [2.05, 4.69) is 10.4 Å². The van der Waals surface area contributed by atoms with Crippen molar-refractivity contribution < 1.29 is 19.4 Å². The summed E-state index contributed by atoms with van der Waals surface area (Å²) in [5.41, 5.74) is 1.92. The summed E-state index contributed by atoms with van der Waals surface area (Å²) in [7, 11) is 0. The SMILES string of the molecule is Cc1nn(COc2ccc(Cl)cc2Cl)c(C)c1NC(=O)C1CCCCC1C(=O)O. The van der Waals surface area contributed by atoms with E-state index in [1.165, 1.54) is 0 Å². The lowest BCUT2D eigenvalue weighted by Gasteiger charge is -2.27. The number of aryl methyl sites for hydroxylation is 1. The summed E-state index contributed by atoms with van der Waals surface area (Å²) < 4.78 is 7.33. The minimum absolute atomic E-state index is 0.102. The summed E-state index contributed by atoms with van der Waals surface area (Å²) in [5.74, 6) is -1.89.